The van der Waals surface area contributed by atoms with Crippen LogP contribution in [0.25, 0.3) is 11.3 Å². The van der Waals surface area contributed by atoms with Gasteiger partial charge in [-0.25, -0.2) is 0 Å². The molecule has 26 heavy (non-hydrogen) atoms. The number of hydrogen-bond acceptors (Lipinski definition) is 4. The molecule has 2 aliphatic rings. The number of nitrogens with zero attached hydrogens (tertiary/aromatic N) is 2. The Bertz CT molecular complexity index is 966. The molecule has 0 N–H and O–H groups in total. The molecule has 0 aliphatic carbocycles. The van der Waals surface area contributed by atoms with E-state index in [1.165, 1.54) is 11.1 Å². The van der Waals surface area contributed by atoms with Crippen LogP contribution in [0.15, 0.2) is 65.2 Å². The van der Waals surface area contributed by atoms with Crippen molar-refractivity contribution >= 4 is 5.91 Å². The molecular weight excluding hydrogens is 328 g/mol. The summed E-state index contributed by atoms with van der Waals surface area (Å²) in [5.74, 6) is 0.136. The van der Waals surface area contributed by atoms with Crippen LogP contribution in [0.3, 0.4) is 0 Å². The van der Waals surface area contributed by atoms with E-state index < -0.39 is 0 Å². The number of rotatable bonds is 2. The number of fused-ring (bicyclic) bond motifs is 2. The zero-order valence-corrected chi connectivity index (χ0v) is 14.2. The Kier molecular flexibility index (Phi) is 3.43. The van der Waals surface area contributed by atoms with E-state index >= 15 is 0 Å². The lowest BCUT2D eigenvalue weighted by Gasteiger charge is -2.24. The van der Waals surface area contributed by atoms with Crippen LogP contribution >= 0.6 is 0 Å². The SMILES string of the molecule is O=C(c1cc(-c2ccccc2)no1)N1CC[C@@]2(C1)OCc1ccccc12. The summed E-state index contributed by atoms with van der Waals surface area (Å²) in [7, 11) is 0. The van der Waals surface area contributed by atoms with Crippen molar-refractivity contribution in [1.29, 1.82) is 0 Å². The highest BCUT2D eigenvalue weighted by molar-refractivity contribution is 5.92. The van der Waals surface area contributed by atoms with Gasteiger partial charge in [-0.1, -0.05) is 59.8 Å². The number of carbonyl (C=O) groups excluding carboxylic acids is 1. The van der Waals surface area contributed by atoms with Gasteiger partial charge in [0.1, 0.15) is 11.3 Å². The zero-order valence-electron chi connectivity index (χ0n) is 14.2. The lowest BCUT2D eigenvalue weighted by molar-refractivity contribution is -0.0284. The molecule has 3 aromatic rings. The molecule has 1 atom stereocenters. The van der Waals surface area contributed by atoms with Gasteiger partial charge in [0.05, 0.1) is 13.2 Å². The molecule has 0 radical (unpaired) electrons. The second kappa shape index (κ2) is 5.81. The van der Waals surface area contributed by atoms with Gasteiger partial charge in [0.2, 0.25) is 5.76 Å². The molecule has 1 aromatic heterocycles. The van der Waals surface area contributed by atoms with Crippen LogP contribution in [0.2, 0.25) is 0 Å². The molecule has 3 heterocycles. The second-order valence-corrected chi connectivity index (χ2v) is 6.86. The topological polar surface area (TPSA) is 55.6 Å². The lowest BCUT2D eigenvalue weighted by atomic mass is 9.92. The molecule has 0 saturated carbocycles. The van der Waals surface area contributed by atoms with Crippen molar-refractivity contribution in [1.82, 2.24) is 10.1 Å². The van der Waals surface area contributed by atoms with Gasteiger partial charge in [-0.2, -0.15) is 0 Å². The third-order valence-electron chi connectivity index (χ3n) is 5.32. The maximum Gasteiger partial charge on any atom is 0.292 e. The first-order valence-electron chi connectivity index (χ1n) is 8.79. The van der Waals surface area contributed by atoms with Crippen LogP contribution in [-0.2, 0) is 16.9 Å². The molecule has 1 spiro atoms. The minimum atomic E-state index is -0.380. The van der Waals surface area contributed by atoms with E-state index in [-0.39, 0.29) is 17.3 Å². The fraction of sp³-hybridized carbons (Fsp3) is 0.238. The summed E-state index contributed by atoms with van der Waals surface area (Å²) in [5, 5.41) is 4.05. The molecule has 2 aromatic carbocycles. The Morgan fingerprint density at radius 3 is 2.77 bits per heavy atom. The number of ether oxygens (including phenoxy) is 1. The molecule has 1 amide bonds. The Morgan fingerprint density at radius 2 is 1.88 bits per heavy atom. The predicted octanol–water partition coefficient (Wildman–Crippen LogP) is 3.61. The van der Waals surface area contributed by atoms with Crippen LogP contribution in [0.5, 0.6) is 0 Å². The second-order valence-electron chi connectivity index (χ2n) is 6.86. The van der Waals surface area contributed by atoms with E-state index in [0.29, 0.717) is 25.4 Å². The highest BCUT2D eigenvalue weighted by Crippen LogP contribution is 2.43. The maximum atomic E-state index is 12.9. The first kappa shape index (κ1) is 15.3. The Labute approximate surface area is 151 Å². The zero-order chi connectivity index (χ0) is 17.6. The largest absolute Gasteiger partial charge is 0.364 e. The quantitative estimate of drug-likeness (QED) is 0.711. The predicted molar refractivity (Wildman–Crippen MR) is 95.4 cm³/mol. The molecular formula is C21H18N2O3. The minimum Gasteiger partial charge on any atom is -0.364 e. The Hall–Kier alpha value is -2.92. The molecule has 1 saturated heterocycles. The van der Waals surface area contributed by atoms with Crippen LogP contribution in [0, 0.1) is 0 Å². The first-order chi connectivity index (χ1) is 12.8. The van der Waals surface area contributed by atoms with Crippen molar-refractivity contribution in [2.75, 3.05) is 13.1 Å². The smallest absolute Gasteiger partial charge is 0.292 e. The van der Waals surface area contributed by atoms with E-state index in [1.54, 1.807) is 11.0 Å². The number of carbonyl (C=O) groups is 1. The molecule has 5 rings (SSSR count). The number of hydrogen-bond donors (Lipinski definition) is 0. The van der Waals surface area contributed by atoms with E-state index in [1.807, 2.05) is 42.5 Å². The maximum absolute atomic E-state index is 12.9. The summed E-state index contributed by atoms with van der Waals surface area (Å²) in [6.45, 7) is 1.80. The molecule has 0 unspecified atom stereocenters. The van der Waals surface area contributed by atoms with Crippen LogP contribution < -0.4 is 0 Å². The lowest BCUT2D eigenvalue weighted by Crippen LogP contribution is -2.34. The van der Waals surface area contributed by atoms with Crippen LogP contribution in [-0.4, -0.2) is 29.1 Å². The highest BCUT2D eigenvalue weighted by atomic mass is 16.5. The minimum absolute atomic E-state index is 0.135. The van der Waals surface area contributed by atoms with Gasteiger partial charge in [0, 0.05) is 18.2 Å². The monoisotopic (exact) mass is 346 g/mol. The molecule has 1 fully saturated rings. The van der Waals surface area contributed by atoms with Gasteiger partial charge in [0.25, 0.3) is 5.91 Å². The number of aromatic nitrogens is 1. The third-order valence-corrected chi connectivity index (χ3v) is 5.32. The molecule has 5 heteroatoms. The average Bonchev–Trinajstić information content (AvgIpc) is 3.43. The fourth-order valence-corrected chi connectivity index (χ4v) is 3.95. The van der Waals surface area contributed by atoms with E-state index in [4.69, 9.17) is 9.26 Å². The fourth-order valence-electron chi connectivity index (χ4n) is 3.95. The standard InChI is InChI=1S/C21H18N2O3/c24-20(19-12-18(22-26-19)15-6-2-1-3-7-15)23-11-10-21(14-23)17-9-5-4-8-16(17)13-25-21/h1-9,12H,10-11,13-14H2/t21-/m0/s1. The molecule has 5 nitrogen and oxygen atoms in total. The number of amides is 1. The Morgan fingerprint density at radius 1 is 1.08 bits per heavy atom. The molecule has 2 aliphatic heterocycles. The number of likely N-dealkylation sites (tertiary alicyclic amines) is 1. The highest BCUT2D eigenvalue weighted by Gasteiger charge is 2.47. The van der Waals surface area contributed by atoms with Crippen molar-refractivity contribution in [2.45, 2.75) is 18.6 Å². The van der Waals surface area contributed by atoms with Crippen molar-refractivity contribution in [3.63, 3.8) is 0 Å². The van der Waals surface area contributed by atoms with Gasteiger partial charge in [-0.15, -0.1) is 0 Å². The summed E-state index contributed by atoms with van der Waals surface area (Å²) in [5.41, 5.74) is 3.64. The third kappa shape index (κ3) is 2.35. The molecule has 130 valence electrons. The summed E-state index contributed by atoms with van der Waals surface area (Å²) < 4.78 is 11.5. The van der Waals surface area contributed by atoms with Gasteiger partial charge in [-0.3, -0.25) is 4.79 Å². The van der Waals surface area contributed by atoms with Crippen molar-refractivity contribution in [3.8, 4) is 11.3 Å². The van der Waals surface area contributed by atoms with Gasteiger partial charge in [-0.05, 0) is 17.5 Å². The van der Waals surface area contributed by atoms with E-state index in [2.05, 4.69) is 17.3 Å². The van der Waals surface area contributed by atoms with Gasteiger partial charge >= 0.3 is 0 Å². The summed E-state index contributed by atoms with van der Waals surface area (Å²) >= 11 is 0. The summed E-state index contributed by atoms with van der Waals surface area (Å²) in [4.78, 5) is 14.7. The Balaban J connectivity index is 1.38. The first-order valence-corrected chi connectivity index (χ1v) is 8.79. The van der Waals surface area contributed by atoms with Crippen molar-refractivity contribution < 1.29 is 14.1 Å². The van der Waals surface area contributed by atoms with E-state index in [0.717, 1.165) is 12.0 Å². The van der Waals surface area contributed by atoms with Crippen LogP contribution in [0.4, 0.5) is 0 Å². The van der Waals surface area contributed by atoms with Crippen molar-refractivity contribution in [3.05, 3.63) is 77.6 Å². The van der Waals surface area contributed by atoms with Crippen molar-refractivity contribution in [2.24, 2.45) is 0 Å². The summed E-state index contributed by atoms with van der Waals surface area (Å²) in [6.07, 6.45) is 0.801. The number of benzene rings is 2. The van der Waals surface area contributed by atoms with E-state index in [9.17, 15) is 4.79 Å². The average molecular weight is 346 g/mol. The van der Waals surface area contributed by atoms with Gasteiger partial charge < -0.3 is 14.2 Å². The van der Waals surface area contributed by atoms with Crippen LogP contribution in [0.1, 0.15) is 28.1 Å². The van der Waals surface area contributed by atoms with Gasteiger partial charge in [0.15, 0.2) is 0 Å². The normalized spacial score (nSPS) is 21.3. The summed E-state index contributed by atoms with van der Waals surface area (Å²) in [6, 6.07) is 19.7. The molecule has 0 bridgehead atoms.